The minimum absolute atomic E-state index is 0.0114. The van der Waals surface area contributed by atoms with Crippen LogP contribution in [0.15, 0.2) is 41.1 Å². The van der Waals surface area contributed by atoms with Gasteiger partial charge in [-0.25, -0.2) is 14.4 Å². The number of nitrogens with one attached hydrogen (secondary N) is 2. The van der Waals surface area contributed by atoms with Gasteiger partial charge >= 0.3 is 5.69 Å². The zero-order valence-electron chi connectivity index (χ0n) is 18.8. The third-order valence-corrected chi connectivity index (χ3v) is 5.35. The van der Waals surface area contributed by atoms with E-state index in [2.05, 4.69) is 36.5 Å². The van der Waals surface area contributed by atoms with E-state index in [1.807, 2.05) is 6.92 Å². The van der Waals surface area contributed by atoms with Gasteiger partial charge in [-0.1, -0.05) is 22.9 Å². The molecule has 34 heavy (non-hydrogen) atoms. The summed E-state index contributed by atoms with van der Waals surface area (Å²) in [5.74, 6) is -0.463. The van der Waals surface area contributed by atoms with E-state index >= 15 is 0 Å². The molecule has 0 aliphatic heterocycles. The lowest BCUT2D eigenvalue weighted by Gasteiger charge is -2.19. The Morgan fingerprint density at radius 2 is 2.06 bits per heavy atom. The first-order valence-corrected chi connectivity index (χ1v) is 11.2. The summed E-state index contributed by atoms with van der Waals surface area (Å²) in [6.45, 7) is 2.14. The van der Waals surface area contributed by atoms with Crippen molar-refractivity contribution in [1.29, 1.82) is 0 Å². The summed E-state index contributed by atoms with van der Waals surface area (Å²) in [4.78, 5) is 33.3. The van der Waals surface area contributed by atoms with Gasteiger partial charge in [0.15, 0.2) is 5.75 Å². The number of rotatable bonds is 10. The van der Waals surface area contributed by atoms with Crippen molar-refractivity contribution in [3.8, 4) is 5.75 Å². The highest BCUT2D eigenvalue weighted by Gasteiger charge is 2.21. The standard InChI is InChI=1S/C22H24BrFN6O4/c1-4-14(27-21(31)10-29(2)3)11-34-20-9-18-15(8-19(20)30(32)33)22(26-12-25-18)28-17-6-5-13(23)7-16(17)24/h5-9,12,14H,4,10-11H2,1-3H3,(H,27,31)(H,25,26,28). The van der Waals surface area contributed by atoms with Crippen molar-refractivity contribution in [2.75, 3.05) is 32.6 Å². The first-order chi connectivity index (χ1) is 16.2. The molecule has 0 aliphatic carbocycles. The number of fused-ring (bicyclic) bond motifs is 1. The van der Waals surface area contributed by atoms with E-state index in [0.29, 0.717) is 21.8 Å². The Balaban J connectivity index is 1.88. The zero-order chi connectivity index (χ0) is 24.8. The Hall–Kier alpha value is -3.38. The summed E-state index contributed by atoms with van der Waals surface area (Å²) in [6, 6.07) is 6.87. The van der Waals surface area contributed by atoms with Gasteiger partial charge in [0, 0.05) is 16.6 Å². The lowest BCUT2D eigenvalue weighted by Crippen LogP contribution is -2.42. The number of hydrogen-bond donors (Lipinski definition) is 2. The first-order valence-electron chi connectivity index (χ1n) is 10.4. The van der Waals surface area contributed by atoms with E-state index in [-0.39, 0.29) is 48.0 Å². The average Bonchev–Trinajstić information content (AvgIpc) is 2.77. The number of likely N-dealkylation sites (N-methyl/N-ethyl adjacent to an activating group) is 1. The van der Waals surface area contributed by atoms with Crippen LogP contribution >= 0.6 is 15.9 Å². The van der Waals surface area contributed by atoms with Crippen LogP contribution in [0.2, 0.25) is 0 Å². The van der Waals surface area contributed by atoms with Gasteiger partial charge in [-0.2, -0.15) is 0 Å². The van der Waals surface area contributed by atoms with Gasteiger partial charge in [0.25, 0.3) is 0 Å². The molecule has 0 bridgehead atoms. The average molecular weight is 535 g/mol. The molecule has 1 aromatic heterocycles. The van der Waals surface area contributed by atoms with Gasteiger partial charge < -0.3 is 20.3 Å². The van der Waals surface area contributed by atoms with Crippen molar-refractivity contribution < 1.29 is 18.8 Å². The fourth-order valence-corrected chi connectivity index (χ4v) is 3.49. The number of nitro groups is 1. The largest absolute Gasteiger partial charge is 0.485 e. The second kappa shape index (κ2) is 11.2. The number of carbonyl (C=O) groups is 1. The third kappa shape index (κ3) is 6.35. The molecule has 180 valence electrons. The van der Waals surface area contributed by atoms with Gasteiger partial charge in [0.05, 0.1) is 34.1 Å². The molecular weight excluding hydrogens is 511 g/mol. The summed E-state index contributed by atoms with van der Waals surface area (Å²) in [5, 5.41) is 17.8. The van der Waals surface area contributed by atoms with E-state index in [0.717, 1.165) is 0 Å². The molecule has 1 amide bonds. The smallest absolute Gasteiger partial charge is 0.311 e. The minimum atomic E-state index is -0.572. The molecule has 0 spiro atoms. The molecule has 1 unspecified atom stereocenters. The van der Waals surface area contributed by atoms with Gasteiger partial charge in [0.1, 0.15) is 24.6 Å². The quantitative estimate of drug-likeness (QED) is 0.295. The maximum Gasteiger partial charge on any atom is 0.311 e. The topological polar surface area (TPSA) is 123 Å². The molecule has 2 aromatic carbocycles. The maximum atomic E-state index is 14.3. The Morgan fingerprint density at radius 3 is 2.71 bits per heavy atom. The van der Waals surface area contributed by atoms with Crippen LogP contribution in [-0.4, -0.2) is 59.0 Å². The Morgan fingerprint density at radius 1 is 1.29 bits per heavy atom. The zero-order valence-corrected chi connectivity index (χ0v) is 20.4. The second-order valence-electron chi connectivity index (χ2n) is 7.79. The molecule has 0 saturated heterocycles. The van der Waals surface area contributed by atoms with Crippen molar-refractivity contribution >= 4 is 49.9 Å². The second-order valence-corrected chi connectivity index (χ2v) is 8.70. The van der Waals surface area contributed by atoms with Gasteiger partial charge in [-0.05, 0) is 38.7 Å². The maximum absolute atomic E-state index is 14.3. The number of aromatic nitrogens is 2. The van der Waals surface area contributed by atoms with Crippen LogP contribution < -0.4 is 15.4 Å². The van der Waals surface area contributed by atoms with Crippen molar-refractivity contribution in [1.82, 2.24) is 20.2 Å². The normalized spacial score (nSPS) is 11.9. The number of amides is 1. The van der Waals surface area contributed by atoms with E-state index in [1.54, 1.807) is 25.1 Å². The number of anilines is 2. The van der Waals surface area contributed by atoms with Gasteiger partial charge in [0.2, 0.25) is 5.91 Å². The molecule has 2 N–H and O–H groups in total. The summed E-state index contributed by atoms with van der Waals surface area (Å²) < 4.78 is 20.6. The van der Waals surface area contributed by atoms with Crippen molar-refractivity contribution in [2.45, 2.75) is 19.4 Å². The summed E-state index contributed by atoms with van der Waals surface area (Å²) in [5.41, 5.74) is 0.238. The molecule has 0 aliphatic rings. The number of halogens is 2. The van der Waals surface area contributed by atoms with Crippen LogP contribution in [0.3, 0.4) is 0 Å². The van der Waals surface area contributed by atoms with E-state index in [4.69, 9.17) is 4.74 Å². The Kier molecular flexibility index (Phi) is 8.29. The Labute approximate surface area is 203 Å². The molecule has 10 nitrogen and oxygen atoms in total. The highest BCUT2D eigenvalue weighted by molar-refractivity contribution is 9.10. The third-order valence-electron chi connectivity index (χ3n) is 4.85. The lowest BCUT2D eigenvalue weighted by atomic mass is 10.2. The van der Waals surface area contributed by atoms with E-state index < -0.39 is 10.7 Å². The van der Waals surface area contributed by atoms with Crippen LogP contribution in [0.5, 0.6) is 5.75 Å². The SMILES string of the molecule is CCC(COc1cc2ncnc(Nc3ccc(Br)cc3F)c2cc1[N+](=O)[O-])NC(=O)CN(C)C. The molecule has 3 rings (SSSR count). The summed E-state index contributed by atoms with van der Waals surface area (Å²) >= 11 is 3.20. The molecule has 0 radical (unpaired) electrons. The van der Waals surface area contributed by atoms with Crippen LogP contribution in [0.4, 0.5) is 21.6 Å². The highest BCUT2D eigenvalue weighted by Crippen LogP contribution is 2.35. The van der Waals surface area contributed by atoms with Crippen molar-refractivity contribution in [2.24, 2.45) is 0 Å². The van der Waals surface area contributed by atoms with Gasteiger partial charge in [-0.3, -0.25) is 14.9 Å². The fraction of sp³-hybridized carbons (Fsp3) is 0.318. The number of nitrogens with zero attached hydrogens (tertiary/aromatic N) is 4. The molecule has 3 aromatic rings. The van der Waals surface area contributed by atoms with Crippen LogP contribution in [0, 0.1) is 15.9 Å². The number of hydrogen-bond acceptors (Lipinski definition) is 8. The number of carbonyl (C=O) groups excluding carboxylic acids is 1. The minimum Gasteiger partial charge on any atom is -0.485 e. The monoisotopic (exact) mass is 534 g/mol. The molecule has 0 fully saturated rings. The number of benzene rings is 2. The fourth-order valence-electron chi connectivity index (χ4n) is 3.16. The summed E-state index contributed by atoms with van der Waals surface area (Å²) in [6.07, 6.45) is 1.85. The lowest BCUT2D eigenvalue weighted by molar-refractivity contribution is -0.385. The highest BCUT2D eigenvalue weighted by atomic mass is 79.9. The molecule has 0 saturated carbocycles. The number of nitro benzene ring substituents is 1. The van der Waals surface area contributed by atoms with E-state index in [1.165, 1.54) is 30.6 Å². The van der Waals surface area contributed by atoms with Crippen LogP contribution in [-0.2, 0) is 4.79 Å². The summed E-state index contributed by atoms with van der Waals surface area (Å²) in [7, 11) is 3.57. The molecular formula is C22H24BrFN6O4. The predicted octanol–water partition coefficient (Wildman–Crippen LogP) is 4.02. The van der Waals surface area contributed by atoms with Crippen molar-refractivity contribution in [3.05, 3.63) is 57.1 Å². The molecule has 1 atom stereocenters. The van der Waals surface area contributed by atoms with Crippen LogP contribution in [0.25, 0.3) is 10.9 Å². The molecule has 1 heterocycles. The van der Waals surface area contributed by atoms with E-state index in [9.17, 15) is 19.3 Å². The van der Waals surface area contributed by atoms with Gasteiger partial charge in [-0.15, -0.1) is 0 Å². The van der Waals surface area contributed by atoms with Crippen LogP contribution in [0.1, 0.15) is 13.3 Å². The number of ether oxygens (including phenoxy) is 1. The molecule has 12 heteroatoms. The van der Waals surface area contributed by atoms with Crippen molar-refractivity contribution in [3.63, 3.8) is 0 Å². The first kappa shape index (κ1) is 25.2. The Bertz CT molecular complexity index is 1210. The predicted molar refractivity (Wildman–Crippen MR) is 130 cm³/mol.